The van der Waals surface area contributed by atoms with E-state index in [1.165, 1.54) is 0 Å². The zero-order valence-electron chi connectivity index (χ0n) is 52.2. The van der Waals surface area contributed by atoms with Crippen LogP contribution in [0, 0.1) is 70.0 Å². The molecule has 0 saturated heterocycles. The number of carbonyl (C=O) groups excluding carboxylic acids is 5. The van der Waals surface area contributed by atoms with Gasteiger partial charge in [0.15, 0.2) is 0 Å². The zero-order chi connectivity index (χ0) is 61.9. The normalized spacial score (nSPS) is 23.7. The first-order valence-corrected chi connectivity index (χ1v) is 31.9. The number of ether oxygens (including phenoxy) is 3. The van der Waals surface area contributed by atoms with Crippen molar-refractivity contribution in [2.75, 3.05) is 9.80 Å². The van der Waals surface area contributed by atoms with Gasteiger partial charge in [0, 0.05) is 34.7 Å². The van der Waals surface area contributed by atoms with Crippen molar-refractivity contribution in [1.29, 1.82) is 0 Å². The van der Waals surface area contributed by atoms with Crippen molar-refractivity contribution in [3.63, 3.8) is 0 Å². The number of rotatable bonds is 15. The number of anilines is 2. The highest BCUT2D eigenvalue weighted by Gasteiger charge is 2.41. The second-order valence-electron chi connectivity index (χ2n) is 27.5. The van der Waals surface area contributed by atoms with Gasteiger partial charge in [-0.1, -0.05) is 65.2 Å². The Morgan fingerprint density at radius 3 is 1.24 bits per heavy atom. The van der Waals surface area contributed by atoms with E-state index in [1.807, 2.05) is 69.2 Å². The number of nitrogens with two attached hydrogens (primary N) is 1. The summed E-state index contributed by atoms with van der Waals surface area (Å²) in [4.78, 5) is 95.9. The number of amides is 3. The van der Waals surface area contributed by atoms with Gasteiger partial charge in [-0.2, -0.15) is 0 Å². The Hall–Kier alpha value is -5.43. The topological polar surface area (TPSA) is 232 Å². The molecule has 0 spiro atoms. The minimum atomic E-state index is -1.08. The van der Waals surface area contributed by atoms with E-state index in [9.17, 15) is 43.8 Å². The molecule has 2 atom stereocenters. The lowest BCUT2D eigenvalue weighted by atomic mass is 9.81. The number of carboxylic acids is 2. The maximum Gasteiger partial charge on any atom is 0.408 e. The third-order valence-corrected chi connectivity index (χ3v) is 17.9. The largest absolute Gasteiger partial charge is 0.477 e. The van der Waals surface area contributed by atoms with E-state index in [2.05, 4.69) is 42.8 Å². The third kappa shape index (κ3) is 20.7. The number of aromatic carboxylic acids is 2. The van der Waals surface area contributed by atoms with Crippen LogP contribution in [0.3, 0.4) is 0 Å². The van der Waals surface area contributed by atoms with Crippen LogP contribution in [0.1, 0.15) is 236 Å². The van der Waals surface area contributed by atoms with E-state index in [0.717, 1.165) is 74.0 Å². The Bertz CT molecular complexity index is 2710. The first kappa shape index (κ1) is 68.4. The molecule has 4 saturated carbocycles. The highest BCUT2D eigenvalue weighted by Crippen LogP contribution is 2.42. The highest BCUT2D eigenvalue weighted by molar-refractivity contribution is 7.15. The maximum absolute atomic E-state index is 14.2. The summed E-state index contributed by atoms with van der Waals surface area (Å²) >= 11 is 2.24. The molecule has 16 nitrogen and oxygen atoms in total. The average molecular weight is 1190 g/mol. The predicted molar refractivity (Wildman–Crippen MR) is 328 cm³/mol. The molecule has 6 rings (SSSR count). The first-order valence-electron chi connectivity index (χ1n) is 30.2. The molecule has 2 aromatic heterocycles. The molecule has 0 aromatic carbocycles. The Kier molecular flexibility index (Phi) is 24.4. The molecule has 0 bridgehead atoms. The lowest BCUT2D eigenvalue weighted by Gasteiger charge is -2.39. The molecule has 4 fully saturated rings. The summed E-state index contributed by atoms with van der Waals surface area (Å²) in [6.07, 6.45) is 10.5. The molecule has 4 aliphatic carbocycles. The SMILES string of the molecule is CC1CCC(C(=O)N(c2cc(C#CC(C)(C)C)sc2C(=O)O)C2CCC(OC(=O)[C@H](N)C(C)C)CC2)CC1.CC1CCC(C(=O)N(c2cc(C#CC(C)(C)C)sc2C(=O)O)C2CCC(OC(=O)[C@H](NC(=O)OC(C)(C)C)C(C)C)CC2)CC1. The van der Waals surface area contributed by atoms with Crippen molar-refractivity contribution in [3.05, 3.63) is 31.6 Å². The summed E-state index contributed by atoms with van der Waals surface area (Å²) in [6, 6.07) is 1.63. The van der Waals surface area contributed by atoms with Gasteiger partial charge in [-0.05, 0) is 201 Å². The van der Waals surface area contributed by atoms with Crippen molar-refractivity contribution in [2.24, 2.45) is 52.1 Å². The van der Waals surface area contributed by atoms with E-state index < -0.39 is 41.7 Å². The minimum absolute atomic E-state index is 0.00577. The predicted octanol–water partition coefficient (Wildman–Crippen LogP) is 13.2. The number of carbonyl (C=O) groups is 7. The third-order valence-electron chi connectivity index (χ3n) is 15.8. The highest BCUT2D eigenvalue weighted by atomic mass is 32.1. The van der Waals surface area contributed by atoms with Gasteiger partial charge < -0.3 is 45.3 Å². The van der Waals surface area contributed by atoms with Crippen LogP contribution in [0.4, 0.5) is 16.2 Å². The van der Waals surface area contributed by atoms with Crippen LogP contribution < -0.4 is 20.9 Å². The summed E-state index contributed by atoms with van der Waals surface area (Å²) in [5, 5.41) is 22.9. The van der Waals surface area contributed by atoms with Gasteiger partial charge >= 0.3 is 30.0 Å². The first-order chi connectivity index (χ1) is 38.6. The van der Waals surface area contributed by atoms with Crippen LogP contribution in [0.15, 0.2) is 12.1 Å². The fraction of sp³-hybridized carbons (Fsp3) is 0.708. The second-order valence-corrected chi connectivity index (χ2v) is 29.6. The molecule has 3 amide bonds. The summed E-state index contributed by atoms with van der Waals surface area (Å²) in [5.41, 5.74) is 5.65. The number of thiophene rings is 2. The Morgan fingerprint density at radius 2 is 0.928 bits per heavy atom. The van der Waals surface area contributed by atoms with E-state index in [4.69, 9.17) is 19.9 Å². The quantitative estimate of drug-likeness (QED) is 0.0739. The Labute approximate surface area is 502 Å². The minimum Gasteiger partial charge on any atom is -0.477 e. The number of carboxylic acid groups (broad SMARTS) is 2. The Balaban J connectivity index is 0.000000308. The summed E-state index contributed by atoms with van der Waals surface area (Å²) in [6.45, 7) is 29.1. The number of nitrogens with zero attached hydrogens (tertiary/aromatic N) is 2. The smallest absolute Gasteiger partial charge is 0.408 e. The van der Waals surface area contributed by atoms with Crippen molar-refractivity contribution < 1.29 is 58.0 Å². The standard InChI is InChI=1S/C35H52N2O7S.C30H44N2O5S/c1-21(2)28(36-33(42)44-35(7,8)9)32(41)43-25-16-14-24(15-17-25)37(30(38)23-12-10-22(3)11-13-23)27-20-26(18-19-34(4,5)6)45-29(27)31(39)40;1-18(2)25(31)29(36)37-22-13-11-21(12-14-22)32(27(33)20-9-7-19(3)8-10-20)24-17-23(15-16-30(4,5)6)38-26(24)28(34)35/h20-25,28H,10-17H2,1-9H3,(H,36,42)(H,39,40);17-22,25H,7-14,31H2,1-6H3,(H,34,35)/t22?,23?,24?,25?,28-;19?,20?,21?,22?,25-/m11/s1. The average Bonchev–Trinajstić information content (AvgIpc) is 2.89. The monoisotopic (exact) mass is 1190 g/mol. The maximum atomic E-state index is 14.2. The second kappa shape index (κ2) is 29.6. The van der Waals surface area contributed by atoms with E-state index in [0.29, 0.717) is 84.3 Å². The van der Waals surface area contributed by atoms with Gasteiger partial charge in [-0.15, -0.1) is 22.7 Å². The van der Waals surface area contributed by atoms with Crippen LogP contribution in [0.2, 0.25) is 0 Å². The van der Waals surface area contributed by atoms with Gasteiger partial charge in [0.25, 0.3) is 0 Å². The summed E-state index contributed by atoms with van der Waals surface area (Å²) < 4.78 is 16.9. The number of hydrogen-bond acceptors (Lipinski definition) is 13. The fourth-order valence-electron chi connectivity index (χ4n) is 11.0. The zero-order valence-corrected chi connectivity index (χ0v) is 53.8. The van der Waals surface area contributed by atoms with Crippen LogP contribution in [-0.4, -0.2) is 94.0 Å². The molecule has 0 unspecified atom stereocenters. The number of nitrogens with one attached hydrogen (secondary N) is 1. The molecule has 0 radical (unpaired) electrons. The molecule has 5 N–H and O–H groups in total. The fourth-order valence-corrected chi connectivity index (χ4v) is 12.7. The van der Waals surface area contributed by atoms with Crippen LogP contribution in [0.25, 0.3) is 0 Å². The summed E-state index contributed by atoms with van der Waals surface area (Å²) in [7, 11) is 0. The molecule has 18 heteroatoms. The van der Waals surface area contributed by atoms with E-state index in [1.54, 1.807) is 42.7 Å². The van der Waals surface area contributed by atoms with Crippen molar-refractivity contribution in [3.8, 4) is 23.7 Å². The number of alkyl carbamates (subject to hydrolysis) is 1. The van der Waals surface area contributed by atoms with Crippen molar-refractivity contribution in [2.45, 2.75) is 249 Å². The molecule has 460 valence electrons. The summed E-state index contributed by atoms with van der Waals surface area (Å²) in [5.74, 6) is 10.2. The van der Waals surface area contributed by atoms with Crippen molar-refractivity contribution >= 4 is 75.8 Å². The van der Waals surface area contributed by atoms with Crippen LogP contribution in [-0.2, 0) is 33.4 Å². The van der Waals surface area contributed by atoms with Crippen molar-refractivity contribution in [1.82, 2.24) is 5.32 Å². The van der Waals surface area contributed by atoms with Crippen LogP contribution in [0.5, 0.6) is 0 Å². The van der Waals surface area contributed by atoms with Gasteiger partial charge in [0.1, 0.15) is 39.6 Å². The van der Waals surface area contributed by atoms with Gasteiger partial charge in [0.05, 0.1) is 21.1 Å². The Morgan fingerprint density at radius 1 is 0.566 bits per heavy atom. The number of hydrogen-bond donors (Lipinski definition) is 4. The molecule has 0 aliphatic heterocycles. The van der Waals surface area contributed by atoms with Crippen LogP contribution >= 0.6 is 22.7 Å². The molecule has 4 aliphatic rings. The number of esters is 2. The van der Waals surface area contributed by atoms with Gasteiger partial charge in [0.2, 0.25) is 11.8 Å². The lowest BCUT2D eigenvalue weighted by Crippen LogP contribution is -2.49. The van der Waals surface area contributed by atoms with Gasteiger partial charge in [-0.25, -0.2) is 19.2 Å². The van der Waals surface area contributed by atoms with E-state index in [-0.39, 0.29) is 86.3 Å². The molecular formula is C65H96N4O12S2. The molecule has 83 heavy (non-hydrogen) atoms. The van der Waals surface area contributed by atoms with Gasteiger partial charge in [-0.3, -0.25) is 14.4 Å². The molecular weight excluding hydrogens is 1090 g/mol. The molecule has 2 heterocycles. The lowest BCUT2D eigenvalue weighted by molar-refractivity contribution is -0.155. The molecule has 2 aromatic rings. The van der Waals surface area contributed by atoms with E-state index >= 15 is 0 Å².